The number of fused-ring (bicyclic) bond motifs is 1. The van der Waals surface area contributed by atoms with Gasteiger partial charge in [0, 0.05) is 17.1 Å². The highest BCUT2D eigenvalue weighted by atomic mass is 16.5. The third-order valence-corrected chi connectivity index (χ3v) is 3.62. The summed E-state index contributed by atoms with van der Waals surface area (Å²) in [6.45, 7) is 4.52. The standard InChI is InChI=1S/C15H20N2O2/c1-3-15(16,4-2)10-19-14-13-9-12(18)6-5-11(13)7-8-17-14/h5-9,18H,3-4,10,16H2,1-2H3. The quantitative estimate of drug-likeness (QED) is 0.867. The van der Waals surface area contributed by atoms with Crippen LogP contribution in [-0.4, -0.2) is 22.2 Å². The number of aromatic nitrogens is 1. The van der Waals surface area contributed by atoms with E-state index in [0.29, 0.717) is 12.5 Å². The van der Waals surface area contributed by atoms with Gasteiger partial charge in [-0.3, -0.25) is 0 Å². The molecule has 4 nitrogen and oxygen atoms in total. The number of pyridine rings is 1. The van der Waals surface area contributed by atoms with E-state index >= 15 is 0 Å². The first-order chi connectivity index (χ1) is 9.08. The van der Waals surface area contributed by atoms with E-state index in [1.807, 2.05) is 12.1 Å². The predicted octanol–water partition coefficient (Wildman–Crippen LogP) is 2.84. The van der Waals surface area contributed by atoms with Crippen molar-refractivity contribution >= 4 is 10.8 Å². The Balaban J connectivity index is 2.28. The molecule has 0 atom stereocenters. The van der Waals surface area contributed by atoms with Gasteiger partial charge < -0.3 is 15.6 Å². The number of phenols is 1. The van der Waals surface area contributed by atoms with Crippen LogP contribution in [0.4, 0.5) is 0 Å². The van der Waals surface area contributed by atoms with Crippen LogP contribution in [0.25, 0.3) is 10.8 Å². The van der Waals surface area contributed by atoms with Gasteiger partial charge in [-0.05, 0) is 36.4 Å². The Morgan fingerprint density at radius 1 is 1.26 bits per heavy atom. The third kappa shape index (κ3) is 2.96. The maximum Gasteiger partial charge on any atom is 0.221 e. The molecule has 4 heteroatoms. The molecular formula is C15H20N2O2. The van der Waals surface area contributed by atoms with Crippen LogP contribution in [0.2, 0.25) is 0 Å². The lowest BCUT2D eigenvalue weighted by Gasteiger charge is -2.26. The fraction of sp³-hybridized carbons (Fsp3) is 0.400. The number of rotatable bonds is 5. The molecule has 0 aliphatic heterocycles. The summed E-state index contributed by atoms with van der Waals surface area (Å²) in [6.07, 6.45) is 3.39. The van der Waals surface area contributed by atoms with Crippen molar-refractivity contribution in [2.45, 2.75) is 32.2 Å². The Hall–Kier alpha value is -1.81. The number of hydrogen-bond acceptors (Lipinski definition) is 4. The van der Waals surface area contributed by atoms with Crippen molar-refractivity contribution in [3.05, 3.63) is 30.5 Å². The van der Waals surface area contributed by atoms with E-state index in [1.165, 1.54) is 0 Å². The van der Waals surface area contributed by atoms with Crippen LogP contribution < -0.4 is 10.5 Å². The zero-order valence-corrected chi connectivity index (χ0v) is 11.4. The van der Waals surface area contributed by atoms with Crippen LogP contribution in [-0.2, 0) is 0 Å². The number of nitrogens with two attached hydrogens (primary N) is 1. The van der Waals surface area contributed by atoms with Gasteiger partial charge in [0.15, 0.2) is 0 Å². The van der Waals surface area contributed by atoms with Gasteiger partial charge >= 0.3 is 0 Å². The van der Waals surface area contributed by atoms with E-state index in [4.69, 9.17) is 10.5 Å². The first kappa shape index (κ1) is 13.6. The predicted molar refractivity (Wildman–Crippen MR) is 76.4 cm³/mol. The summed E-state index contributed by atoms with van der Waals surface area (Å²) in [5.74, 6) is 0.723. The highest BCUT2D eigenvalue weighted by molar-refractivity contribution is 5.87. The number of ether oxygens (including phenoxy) is 1. The molecular weight excluding hydrogens is 240 g/mol. The molecule has 2 rings (SSSR count). The summed E-state index contributed by atoms with van der Waals surface area (Å²) in [5, 5.41) is 11.4. The molecule has 1 aromatic heterocycles. The molecule has 3 N–H and O–H groups in total. The van der Waals surface area contributed by atoms with Crippen molar-refractivity contribution in [2.75, 3.05) is 6.61 Å². The van der Waals surface area contributed by atoms with Crippen LogP contribution in [0.15, 0.2) is 30.5 Å². The van der Waals surface area contributed by atoms with Gasteiger partial charge in [-0.25, -0.2) is 4.98 Å². The van der Waals surface area contributed by atoms with Crippen molar-refractivity contribution in [1.82, 2.24) is 4.98 Å². The molecule has 0 saturated heterocycles. The van der Waals surface area contributed by atoms with Gasteiger partial charge in [0.05, 0.1) is 0 Å². The normalized spacial score (nSPS) is 11.7. The lowest BCUT2D eigenvalue weighted by atomic mass is 9.96. The fourth-order valence-corrected chi connectivity index (χ4v) is 1.91. The summed E-state index contributed by atoms with van der Waals surface area (Å²) >= 11 is 0. The molecule has 0 saturated carbocycles. The zero-order valence-electron chi connectivity index (χ0n) is 11.4. The molecule has 102 valence electrons. The Morgan fingerprint density at radius 3 is 2.68 bits per heavy atom. The second-order valence-electron chi connectivity index (χ2n) is 4.88. The van der Waals surface area contributed by atoms with Crippen LogP contribution in [0.3, 0.4) is 0 Å². The maximum atomic E-state index is 9.57. The molecule has 0 spiro atoms. The third-order valence-electron chi connectivity index (χ3n) is 3.62. The molecule has 0 aliphatic rings. The largest absolute Gasteiger partial charge is 0.508 e. The van der Waals surface area contributed by atoms with Gasteiger partial charge in [0.1, 0.15) is 12.4 Å². The van der Waals surface area contributed by atoms with Crippen LogP contribution in [0.1, 0.15) is 26.7 Å². The molecule has 0 fully saturated rings. The van der Waals surface area contributed by atoms with Crippen molar-refractivity contribution < 1.29 is 9.84 Å². The molecule has 19 heavy (non-hydrogen) atoms. The Labute approximate surface area is 113 Å². The molecule has 1 aromatic carbocycles. The molecule has 0 amide bonds. The van der Waals surface area contributed by atoms with Crippen molar-refractivity contribution in [3.63, 3.8) is 0 Å². The minimum Gasteiger partial charge on any atom is -0.508 e. The second kappa shape index (κ2) is 5.45. The lowest BCUT2D eigenvalue weighted by molar-refractivity contribution is 0.203. The smallest absolute Gasteiger partial charge is 0.221 e. The lowest BCUT2D eigenvalue weighted by Crippen LogP contribution is -2.44. The highest BCUT2D eigenvalue weighted by Gasteiger charge is 2.21. The second-order valence-corrected chi connectivity index (χ2v) is 4.88. The topological polar surface area (TPSA) is 68.4 Å². The van der Waals surface area contributed by atoms with E-state index in [2.05, 4.69) is 18.8 Å². The average Bonchev–Trinajstić information content (AvgIpc) is 2.44. The van der Waals surface area contributed by atoms with Crippen molar-refractivity contribution in [1.29, 1.82) is 0 Å². The number of hydrogen-bond donors (Lipinski definition) is 2. The molecule has 0 aliphatic carbocycles. The Kier molecular flexibility index (Phi) is 3.90. The van der Waals surface area contributed by atoms with E-state index < -0.39 is 0 Å². The minimum atomic E-state index is -0.333. The van der Waals surface area contributed by atoms with E-state index in [-0.39, 0.29) is 11.3 Å². The summed E-state index contributed by atoms with van der Waals surface area (Å²) < 4.78 is 5.77. The van der Waals surface area contributed by atoms with Gasteiger partial charge in [-0.2, -0.15) is 0 Å². The van der Waals surface area contributed by atoms with Crippen molar-refractivity contribution in [2.24, 2.45) is 5.73 Å². The minimum absolute atomic E-state index is 0.204. The molecule has 0 radical (unpaired) electrons. The van der Waals surface area contributed by atoms with Gasteiger partial charge in [0.25, 0.3) is 0 Å². The van der Waals surface area contributed by atoms with Crippen LogP contribution >= 0.6 is 0 Å². The van der Waals surface area contributed by atoms with E-state index in [0.717, 1.165) is 23.6 Å². The zero-order chi connectivity index (χ0) is 13.9. The molecule has 1 heterocycles. The molecule has 0 bridgehead atoms. The Morgan fingerprint density at radius 2 is 2.00 bits per heavy atom. The number of benzene rings is 1. The number of aromatic hydroxyl groups is 1. The summed E-state index contributed by atoms with van der Waals surface area (Å²) in [5.41, 5.74) is 5.88. The summed E-state index contributed by atoms with van der Waals surface area (Å²) in [7, 11) is 0. The van der Waals surface area contributed by atoms with Crippen LogP contribution in [0.5, 0.6) is 11.6 Å². The monoisotopic (exact) mass is 260 g/mol. The first-order valence-corrected chi connectivity index (χ1v) is 6.57. The van der Waals surface area contributed by atoms with Gasteiger partial charge in [-0.15, -0.1) is 0 Å². The summed E-state index contributed by atoms with van der Waals surface area (Å²) in [4.78, 5) is 4.23. The fourth-order valence-electron chi connectivity index (χ4n) is 1.91. The highest BCUT2D eigenvalue weighted by Crippen LogP contribution is 2.27. The Bertz CT molecular complexity index is 565. The van der Waals surface area contributed by atoms with Gasteiger partial charge in [0.2, 0.25) is 5.88 Å². The molecule has 2 aromatic rings. The van der Waals surface area contributed by atoms with E-state index in [1.54, 1.807) is 18.3 Å². The van der Waals surface area contributed by atoms with Crippen LogP contribution in [0, 0.1) is 0 Å². The van der Waals surface area contributed by atoms with E-state index in [9.17, 15) is 5.11 Å². The number of phenolic OH excluding ortho intramolecular Hbond substituents is 1. The first-order valence-electron chi connectivity index (χ1n) is 6.57. The maximum absolute atomic E-state index is 9.57. The van der Waals surface area contributed by atoms with Crippen molar-refractivity contribution in [3.8, 4) is 11.6 Å². The molecule has 0 unspecified atom stereocenters. The summed E-state index contributed by atoms with van der Waals surface area (Å²) in [6, 6.07) is 7.04. The average molecular weight is 260 g/mol. The number of nitrogens with zero attached hydrogens (tertiary/aromatic N) is 1. The SMILES string of the molecule is CCC(N)(CC)COc1nccc2ccc(O)cc12. The van der Waals surface area contributed by atoms with Gasteiger partial charge in [-0.1, -0.05) is 19.9 Å².